The van der Waals surface area contributed by atoms with Gasteiger partial charge in [-0.3, -0.25) is 9.48 Å². The van der Waals surface area contributed by atoms with Gasteiger partial charge in [-0.05, 0) is 30.5 Å². The van der Waals surface area contributed by atoms with E-state index in [0.29, 0.717) is 18.0 Å². The highest BCUT2D eigenvalue weighted by atomic mass is 16.1. The van der Waals surface area contributed by atoms with Crippen molar-refractivity contribution >= 4 is 11.7 Å². The zero-order chi connectivity index (χ0) is 16.2. The van der Waals surface area contributed by atoms with Crippen LogP contribution in [0.5, 0.6) is 0 Å². The van der Waals surface area contributed by atoms with E-state index >= 15 is 0 Å². The van der Waals surface area contributed by atoms with Crippen LogP contribution in [0.2, 0.25) is 0 Å². The van der Waals surface area contributed by atoms with Crippen molar-refractivity contribution < 1.29 is 4.79 Å². The van der Waals surface area contributed by atoms with Crippen LogP contribution in [-0.4, -0.2) is 15.7 Å². The Morgan fingerprint density at radius 3 is 2.61 bits per heavy atom. The lowest BCUT2D eigenvalue weighted by Gasteiger charge is -2.19. The minimum absolute atomic E-state index is 0.119. The molecule has 0 radical (unpaired) electrons. The first-order valence-electron chi connectivity index (χ1n) is 8.31. The highest BCUT2D eigenvalue weighted by Gasteiger charge is 2.20. The van der Waals surface area contributed by atoms with Crippen LogP contribution in [0.3, 0.4) is 0 Å². The van der Waals surface area contributed by atoms with E-state index < -0.39 is 0 Å². The van der Waals surface area contributed by atoms with Gasteiger partial charge in [-0.25, -0.2) is 0 Å². The molecule has 0 atom stereocenters. The van der Waals surface area contributed by atoms with Gasteiger partial charge < -0.3 is 11.1 Å². The second-order valence-corrected chi connectivity index (χ2v) is 6.27. The van der Waals surface area contributed by atoms with E-state index in [4.69, 9.17) is 5.73 Å². The van der Waals surface area contributed by atoms with Gasteiger partial charge in [0.25, 0.3) is 5.91 Å². The molecule has 5 heteroatoms. The largest absolute Gasteiger partial charge is 0.326 e. The number of nitrogens with two attached hydrogens (primary N) is 1. The van der Waals surface area contributed by atoms with Gasteiger partial charge in [0, 0.05) is 31.1 Å². The van der Waals surface area contributed by atoms with Crippen molar-refractivity contribution in [2.75, 3.05) is 5.32 Å². The fourth-order valence-corrected chi connectivity index (χ4v) is 3.18. The molecule has 5 nitrogen and oxygen atoms in total. The molecular formula is C18H24N4O. The lowest BCUT2D eigenvalue weighted by molar-refractivity contribution is 0.102. The number of hydrogen-bond donors (Lipinski definition) is 2. The molecule has 3 N–H and O–H groups in total. The first kappa shape index (κ1) is 15.7. The Kier molecular flexibility index (Phi) is 4.76. The molecule has 1 aliphatic carbocycles. The number of carbonyl (C=O) groups excluding carboxylic acids is 1. The Balaban J connectivity index is 1.71. The summed E-state index contributed by atoms with van der Waals surface area (Å²) in [5.74, 6) is 1.16. The van der Waals surface area contributed by atoms with E-state index in [-0.39, 0.29) is 5.91 Å². The Morgan fingerprint density at radius 1 is 1.26 bits per heavy atom. The molecule has 122 valence electrons. The Morgan fingerprint density at radius 2 is 1.96 bits per heavy atom. The molecule has 3 rings (SSSR count). The second kappa shape index (κ2) is 6.96. The number of hydrogen-bond acceptors (Lipinski definition) is 3. The zero-order valence-corrected chi connectivity index (χ0v) is 13.6. The maximum atomic E-state index is 12.4. The van der Waals surface area contributed by atoms with Crippen LogP contribution in [0.4, 0.5) is 5.82 Å². The number of amides is 1. The van der Waals surface area contributed by atoms with E-state index in [2.05, 4.69) is 10.4 Å². The number of aromatic nitrogens is 2. The number of anilines is 1. The standard InChI is InChI=1S/C18H24N4O/c1-22-17(11-16(21-22)14-5-3-2-4-6-14)20-18(23)15-9-7-13(12-19)8-10-15/h7-11,14H,2-6,12,19H2,1H3,(H,20,23). The molecule has 1 saturated carbocycles. The highest BCUT2D eigenvalue weighted by molar-refractivity contribution is 6.03. The normalized spacial score (nSPS) is 15.6. The average molecular weight is 312 g/mol. The van der Waals surface area contributed by atoms with Crippen molar-refractivity contribution in [2.45, 2.75) is 44.6 Å². The molecule has 2 aromatic rings. The van der Waals surface area contributed by atoms with Gasteiger partial charge in [0.1, 0.15) is 5.82 Å². The summed E-state index contributed by atoms with van der Waals surface area (Å²) >= 11 is 0. The molecule has 1 heterocycles. The van der Waals surface area contributed by atoms with Gasteiger partial charge in [-0.2, -0.15) is 5.10 Å². The third-order valence-electron chi connectivity index (χ3n) is 4.62. The van der Waals surface area contributed by atoms with Crippen LogP contribution in [0, 0.1) is 0 Å². The molecule has 0 aliphatic heterocycles. The molecule has 0 spiro atoms. The van der Waals surface area contributed by atoms with Crippen molar-refractivity contribution in [2.24, 2.45) is 12.8 Å². The Hall–Kier alpha value is -2.14. The molecule has 0 bridgehead atoms. The van der Waals surface area contributed by atoms with Crippen molar-refractivity contribution in [3.63, 3.8) is 0 Å². The van der Waals surface area contributed by atoms with Crippen LogP contribution in [-0.2, 0) is 13.6 Å². The third kappa shape index (κ3) is 3.62. The fraction of sp³-hybridized carbons (Fsp3) is 0.444. The van der Waals surface area contributed by atoms with E-state index in [1.807, 2.05) is 25.2 Å². The minimum atomic E-state index is -0.119. The van der Waals surface area contributed by atoms with Crippen LogP contribution >= 0.6 is 0 Å². The van der Waals surface area contributed by atoms with Gasteiger partial charge in [0.2, 0.25) is 0 Å². The van der Waals surface area contributed by atoms with E-state index in [1.54, 1.807) is 16.8 Å². The number of benzene rings is 1. The molecule has 1 aromatic carbocycles. The lowest BCUT2D eigenvalue weighted by Crippen LogP contribution is -2.14. The predicted molar refractivity (Wildman–Crippen MR) is 91.3 cm³/mol. The number of nitrogens with zero attached hydrogens (tertiary/aromatic N) is 2. The Bertz CT molecular complexity index is 669. The third-order valence-corrected chi connectivity index (χ3v) is 4.62. The van der Waals surface area contributed by atoms with Crippen molar-refractivity contribution in [3.8, 4) is 0 Å². The molecule has 1 aromatic heterocycles. The monoisotopic (exact) mass is 312 g/mol. The summed E-state index contributed by atoms with van der Waals surface area (Å²) < 4.78 is 1.76. The van der Waals surface area contributed by atoms with Gasteiger partial charge in [-0.1, -0.05) is 31.4 Å². The van der Waals surface area contributed by atoms with Crippen LogP contribution < -0.4 is 11.1 Å². The quantitative estimate of drug-likeness (QED) is 0.910. The number of nitrogens with one attached hydrogen (secondary N) is 1. The van der Waals surface area contributed by atoms with Crippen LogP contribution in [0.25, 0.3) is 0 Å². The lowest BCUT2D eigenvalue weighted by atomic mass is 9.87. The topological polar surface area (TPSA) is 72.9 Å². The minimum Gasteiger partial charge on any atom is -0.326 e. The molecule has 0 saturated heterocycles. The van der Waals surface area contributed by atoms with Crippen molar-refractivity contribution in [1.82, 2.24) is 9.78 Å². The summed E-state index contributed by atoms with van der Waals surface area (Å²) in [6.45, 7) is 0.481. The first-order chi connectivity index (χ1) is 11.2. The molecule has 1 aliphatic rings. The summed E-state index contributed by atoms with van der Waals surface area (Å²) in [7, 11) is 1.87. The van der Waals surface area contributed by atoms with Crippen molar-refractivity contribution in [3.05, 3.63) is 47.2 Å². The average Bonchev–Trinajstić information content (AvgIpc) is 2.96. The zero-order valence-electron chi connectivity index (χ0n) is 13.6. The van der Waals surface area contributed by atoms with Crippen LogP contribution in [0.1, 0.15) is 59.6 Å². The number of carbonyl (C=O) groups is 1. The van der Waals surface area contributed by atoms with Gasteiger partial charge in [0.05, 0.1) is 5.69 Å². The van der Waals surface area contributed by atoms with Crippen LogP contribution in [0.15, 0.2) is 30.3 Å². The summed E-state index contributed by atoms with van der Waals surface area (Å²) in [5.41, 5.74) is 8.32. The summed E-state index contributed by atoms with van der Waals surface area (Å²) in [6.07, 6.45) is 6.27. The summed E-state index contributed by atoms with van der Waals surface area (Å²) in [6, 6.07) is 9.38. The second-order valence-electron chi connectivity index (χ2n) is 6.27. The molecule has 1 fully saturated rings. The van der Waals surface area contributed by atoms with Gasteiger partial charge in [0.15, 0.2) is 0 Å². The Labute approximate surface area is 136 Å². The molecule has 23 heavy (non-hydrogen) atoms. The number of aryl methyl sites for hydroxylation is 1. The smallest absolute Gasteiger partial charge is 0.256 e. The molecule has 1 amide bonds. The predicted octanol–water partition coefficient (Wildman–Crippen LogP) is 3.18. The van der Waals surface area contributed by atoms with E-state index in [0.717, 1.165) is 17.1 Å². The van der Waals surface area contributed by atoms with Crippen molar-refractivity contribution in [1.29, 1.82) is 0 Å². The molecular weight excluding hydrogens is 288 g/mol. The first-order valence-corrected chi connectivity index (χ1v) is 8.31. The number of rotatable bonds is 4. The summed E-state index contributed by atoms with van der Waals surface area (Å²) in [5, 5.41) is 7.55. The van der Waals surface area contributed by atoms with Gasteiger partial charge >= 0.3 is 0 Å². The molecule has 0 unspecified atom stereocenters. The SMILES string of the molecule is Cn1nc(C2CCCCC2)cc1NC(=O)c1ccc(CN)cc1. The van der Waals surface area contributed by atoms with E-state index in [1.165, 1.54) is 32.1 Å². The maximum absolute atomic E-state index is 12.4. The van der Waals surface area contributed by atoms with Gasteiger partial charge in [-0.15, -0.1) is 0 Å². The highest BCUT2D eigenvalue weighted by Crippen LogP contribution is 2.32. The summed E-state index contributed by atoms with van der Waals surface area (Å²) in [4.78, 5) is 12.4. The van der Waals surface area contributed by atoms with E-state index in [9.17, 15) is 4.79 Å². The fourth-order valence-electron chi connectivity index (χ4n) is 3.18. The maximum Gasteiger partial charge on any atom is 0.256 e.